The number of H-pyrrole nitrogens is 1. The number of Topliss-reactive ketones (excluding diaryl/α,β-unsaturated/α-hetero) is 1. The molecule has 0 aliphatic heterocycles. The third kappa shape index (κ3) is 2.01. The van der Waals surface area contributed by atoms with E-state index in [1.807, 2.05) is 13.1 Å². The summed E-state index contributed by atoms with van der Waals surface area (Å²) in [6.45, 7) is 1.73. The van der Waals surface area contributed by atoms with Gasteiger partial charge in [-0.2, -0.15) is 5.10 Å². The molecule has 0 saturated heterocycles. The van der Waals surface area contributed by atoms with Crippen LogP contribution in [0.5, 0.6) is 0 Å². The molecule has 1 atom stereocenters. The quantitative estimate of drug-likeness (QED) is 0.790. The Balaban J connectivity index is 2.42. The summed E-state index contributed by atoms with van der Waals surface area (Å²) in [7, 11) is 3.33. The number of benzene rings is 1. The van der Waals surface area contributed by atoms with Gasteiger partial charge in [0.15, 0.2) is 11.6 Å². The van der Waals surface area contributed by atoms with Crippen LogP contribution in [0.4, 0.5) is 5.82 Å². The van der Waals surface area contributed by atoms with E-state index in [9.17, 15) is 4.79 Å². The van der Waals surface area contributed by atoms with E-state index in [0.29, 0.717) is 5.56 Å². The zero-order valence-electron chi connectivity index (χ0n) is 10.1. The number of hydrogen-bond donors (Lipinski definition) is 2. The van der Waals surface area contributed by atoms with Crippen LogP contribution in [0, 0.1) is 0 Å². The molecule has 0 unspecified atom stereocenters. The van der Waals surface area contributed by atoms with Gasteiger partial charge in [-0.3, -0.25) is 9.89 Å². The third-order valence-corrected chi connectivity index (χ3v) is 2.81. The van der Waals surface area contributed by atoms with E-state index in [0.717, 1.165) is 16.7 Å². The minimum Gasteiger partial charge on any atom is -0.374 e. The molecular formula is C12H15N3O2. The average molecular weight is 233 g/mol. The van der Waals surface area contributed by atoms with Gasteiger partial charge in [0.1, 0.15) is 6.10 Å². The molecule has 0 aliphatic rings. The van der Waals surface area contributed by atoms with Crippen LogP contribution in [0.1, 0.15) is 17.3 Å². The number of rotatable bonds is 4. The van der Waals surface area contributed by atoms with Crippen molar-refractivity contribution in [3.8, 4) is 0 Å². The highest BCUT2D eigenvalue weighted by atomic mass is 16.5. The summed E-state index contributed by atoms with van der Waals surface area (Å²) in [6, 6.07) is 5.46. The number of aromatic amines is 1. The summed E-state index contributed by atoms with van der Waals surface area (Å²) in [5, 5.41) is 10.9. The van der Waals surface area contributed by atoms with Crippen LogP contribution >= 0.6 is 0 Å². The lowest BCUT2D eigenvalue weighted by atomic mass is 10.1. The third-order valence-electron chi connectivity index (χ3n) is 2.81. The van der Waals surface area contributed by atoms with Gasteiger partial charge in [0.05, 0.1) is 5.52 Å². The fourth-order valence-electron chi connectivity index (χ4n) is 1.71. The van der Waals surface area contributed by atoms with Crippen LogP contribution < -0.4 is 5.32 Å². The van der Waals surface area contributed by atoms with Crippen LogP contribution in [0.3, 0.4) is 0 Å². The highest BCUT2D eigenvalue weighted by Crippen LogP contribution is 2.21. The van der Waals surface area contributed by atoms with Gasteiger partial charge in [0.25, 0.3) is 0 Å². The molecular weight excluding hydrogens is 218 g/mol. The molecule has 0 aliphatic carbocycles. The molecule has 0 radical (unpaired) electrons. The van der Waals surface area contributed by atoms with E-state index in [1.54, 1.807) is 19.1 Å². The number of fused-ring (bicyclic) bond motifs is 1. The zero-order valence-corrected chi connectivity index (χ0v) is 10.1. The predicted octanol–water partition coefficient (Wildman–Crippen LogP) is 1.82. The zero-order chi connectivity index (χ0) is 12.4. The first-order valence-electron chi connectivity index (χ1n) is 5.40. The standard InChI is InChI=1S/C12H15N3O2/c1-7(17-3)11(16)8-4-5-9-10(6-8)14-15-12(9)13-2/h4-7H,1-3H3,(H2,13,14,15)/t7-/m0/s1. The minimum absolute atomic E-state index is 0.0324. The molecule has 2 N–H and O–H groups in total. The molecule has 0 saturated carbocycles. The molecule has 5 nitrogen and oxygen atoms in total. The van der Waals surface area contributed by atoms with E-state index in [1.165, 1.54) is 7.11 Å². The smallest absolute Gasteiger partial charge is 0.191 e. The fraction of sp³-hybridized carbons (Fsp3) is 0.333. The van der Waals surface area contributed by atoms with Gasteiger partial charge < -0.3 is 10.1 Å². The molecule has 2 aromatic rings. The number of ether oxygens (including phenoxy) is 1. The molecule has 0 amide bonds. The van der Waals surface area contributed by atoms with E-state index in [-0.39, 0.29) is 5.78 Å². The van der Waals surface area contributed by atoms with Gasteiger partial charge in [-0.15, -0.1) is 0 Å². The van der Waals surface area contributed by atoms with Gasteiger partial charge in [-0.1, -0.05) is 6.07 Å². The maximum Gasteiger partial charge on any atom is 0.191 e. The van der Waals surface area contributed by atoms with Crippen molar-refractivity contribution in [3.05, 3.63) is 23.8 Å². The molecule has 17 heavy (non-hydrogen) atoms. The lowest BCUT2D eigenvalue weighted by molar-refractivity contribution is 0.0656. The second kappa shape index (κ2) is 4.55. The number of anilines is 1. The van der Waals surface area contributed by atoms with Crippen molar-refractivity contribution in [2.75, 3.05) is 19.5 Å². The Morgan fingerprint density at radius 3 is 2.94 bits per heavy atom. The molecule has 0 fully saturated rings. The number of nitrogens with one attached hydrogen (secondary N) is 2. The Hall–Kier alpha value is -1.88. The SMILES string of the molecule is CNc1n[nH]c2cc(C(=O)[C@H](C)OC)ccc12. The Morgan fingerprint density at radius 2 is 2.29 bits per heavy atom. The second-order valence-electron chi connectivity index (χ2n) is 3.82. The van der Waals surface area contributed by atoms with Gasteiger partial charge >= 0.3 is 0 Å². The molecule has 0 bridgehead atoms. The van der Waals surface area contributed by atoms with E-state index in [4.69, 9.17) is 4.74 Å². The van der Waals surface area contributed by atoms with Crippen LogP contribution in [0.2, 0.25) is 0 Å². The molecule has 1 aromatic carbocycles. The first-order chi connectivity index (χ1) is 8.17. The molecule has 1 heterocycles. The predicted molar refractivity (Wildman–Crippen MR) is 66.4 cm³/mol. The maximum absolute atomic E-state index is 11.9. The Kier molecular flexibility index (Phi) is 3.10. The summed E-state index contributed by atoms with van der Waals surface area (Å²) < 4.78 is 5.02. The van der Waals surface area contributed by atoms with E-state index in [2.05, 4.69) is 15.5 Å². The molecule has 2 rings (SSSR count). The Bertz CT molecular complexity index is 548. The Labute approximate surface area is 99.2 Å². The number of aromatic nitrogens is 2. The molecule has 1 aromatic heterocycles. The molecule has 0 spiro atoms. The number of carbonyl (C=O) groups excluding carboxylic acids is 1. The first-order valence-corrected chi connectivity index (χ1v) is 5.40. The van der Waals surface area contributed by atoms with Crippen molar-refractivity contribution in [1.29, 1.82) is 0 Å². The van der Waals surface area contributed by atoms with Crippen molar-refractivity contribution >= 4 is 22.5 Å². The largest absolute Gasteiger partial charge is 0.374 e. The first kappa shape index (κ1) is 11.6. The van der Waals surface area contributed by atoms with Gasteiger partial charge in [-0.25, -0.2) is 0 Å². The molecule has 5 heteroatoms. The van der Waals surface area contributed by atoms with Crippen LogP contribution in [-0.4, -0.2) is 36.2 Å². The van der Waals surface area contributed by atoms with Crippen LogP contribution in [-0.2, 0) is 4.74 Å². The topological polar surface area (TPSA) is 67.0 Å². The van der Waals surface area contributed by atoms with Crippen molar-refractivity contribution in [2.45, 2.75) is 13.0 Å². The molecule has 90 valence electrons. The summed E-state index contributed by atoms with van der Waals surface area (Å²) in [6.07, 6.45) is -0.431. The number of methoxy groups -OCH3 is 1. The highest BCUT2D eigenvalue weighted by molar-refractivity contribution is 6.03. The minimum atomic E-state index is -0.431. The van der Waals surface area contributed by atoms with Crippen molar-refractivity contribution in [3.63, 3.8) is 0 Å². The van der Waals surface area contributed by atoms with Crippen molar-refractivity contribution in [1.82, 2.24) is 10.2 Å². The normalized spacial score (nSPS) is 12.6. The van der Waals surface area contributed by atoms with E-state index >= 15 is 0 Å². The lowest BCUT2D eigenvalue weighted by Crippen LogP contribution is -2.18. The average Bonchev–Trinajstić information content (AvgIpc) is 2.78. The van der Waals surface area contributed by atoms with Crippen molar-refractivity contribution < 1.29 is 9.53 Å². The Morgan fingerprint density at radius 1 is 1.53 bits per heavy atom. The number of carbonyl (C=O) groups is 1. The second-order valence-corrected chi connectivity index (χ2v) is 3.82. The van der Waals surface area contributed by atoms with Crippen LogP contribution in [0.15, 0.2) is 18.2 Å². The van der Waals surface area contributed by atoms with Crippen LogP contribution in [0.25, 0.3) is 10.9 Å². The summed E-state index contributed by atoms with van der Waals surface area (Å²) in [5.74, 6) is 0.744. The summed E-state index contributed by atoms with van der Waals surface area (Å²) >= 11 is 0. The summed E-state index contributed by atoms with van der Waals surface area (Å²) in [4.78, 5) is 11.9. The van der Waals surface area contributed by atoms with Gasteiger partial charge in [0.2, 0.25) is 0 Å². The summed E-state index contributed by atoms with van der Waals surface area (Å²) in [5.41, 5.74) is 1.46. The monoisotopic (exact) mass is 233 g/mol. The maximum atomic E-state index is 11.9. The number of hydrogen-bond acceptors (Lipinski definition) is 4. The van der Waals surface area contributed by atoms with Crippen molar-refractivity contribution in [2.24, 2.45) is 0 Å². The van der Waals surface area contributed by atoms with Gasteiger partial charge in [0, 0.05) is 25.1 Å². The fourth-order valence-corrected chi connectivity index (χ4v) is 1.71. The number of ketones is 1. The lowest BCUT2D eigenvalue weighted by Gasteiger charge is -2.07. The van der Waals surface area contributed by atoms with E-state index < -0.39 is 6.10 Å². The number of nitrogens with zero attached hydrogens (tertiary/aromatic N) is 1. The highest BCUT2D eigenvalue weighted by Gasteiger charge is 2.15. The van der Waals surface area contributed by atoms with Gasteiger partial charge in [-0.05, 0) is 19.1 Å².